The molecule has 2 amide bonds. The smallest absolute Gasteiger partial charge is 0.308 e. The molecule has 1 fully saturated rings. The van der Waals surface area contributed by atoms with Crippen molar-refractivity contribution in [1.82, 2.24) is 9.80 Å². The number of methoxy groups -OCH3 is 1. The topological polar surface area (TPSA) is 107 Å². The number of carboxylic acid groups (broad SMARTS) is 1. The summed E-state index contributed by atoms with van der Waals surface area (Å²) in [6.07, 6.45) is 1.17. The van der Waals surface area contributed by atoms with E-state index in [9.17, 15) is 19.5 Å². The number of aliphatic carboxylic acids is 1. The van der Waals surface area contributed by atoms with E-state index in [2.05, 4.69) is 0 Å². The van der Waals surface area contributed by atoms with E-state index in [1.807, 2.05) is 0 Å². The molecule has 0 bridgehead atoms. The van der Waals surface area contributed by atoms with Crippen molar-refractivity contribution in [2.24, 2.45) is 5.92 Å². The van der Waals surface area contributed by atoms with E-state index in [0.717, 1.165) is 0 Å². The van der Waals surface area contributed by atoms with E-state index < -0.39 is 17.8 Å². The van der Waals surface area contributed by atoms with Crippen LogP contribution in [0.1, 0.15) is 23.2 Å². The first-order valence-corrected chi connectivity index (χ1v) is 7.96. The predicted octanol–water partition coefficient (Wildman–Crippen LogP) is 0.796. The second-order valence-corrected chi connectivity index (χ2v) is 6.06. The Labute approximate surface area is 145 Å². The minimum absolute atomic E-state index is 0.0386. The molecule has 0 radical (unpaired) electrons. The van der Waals surface area contributed by atoms with Crippen LogP contribution >= 0.6 is 0 Å². The minimum atomic E-state index is -0.914. The highest BCUT2D eigenvalue weighted by Gasteiger charge is 2.29. The zero-order chi connectivity index (χ0) is 18.6. The highest BCUT2D eigenvalue weighted by atomic mass is 16.5. The van der Waals surface area contributed by atoms with Gasteiger partial charge in [-0.1, -0.05) is 0 Å². The van der Waals surface area contributed by atoms with Gasteiger partial charge >= 0.3 is 5.97 Å². The number of amides is 2. The van der Waals surface area contributed by atoms with Gasteiger partial charge in [-0.25, -0.2) is 0 Å². The summed E-state index contributed by atoms with van der Waals surface area (Å²) in [5.74, 6) is -2.10. The first-order chi connectivity index (χ1) is 11.8. The lowest BCUT2D eigenvalue weighted by molar-refractivity contribution is -0.145. The first kappa shape index (κ1) is 18.6. The number of piperidine rings is 1. The van der Waals surface area contributed by atoms with E-state index in [4.69, 9.17) is 9.84 Å². The summed E-state index contributed by atoms with van der Waals surface area (Å²) in [5, 5.41) is 19.0. The minimum Gasteiger partial charge on any atom is -0.507 e. The lowest BCUT2D eigenvalue weighted by Crippen LogP contribution is -2.46. The van der Waals surface area contributed by atoms with Crippen molar-refractivity contribution in [3.05, 3.63) is 23.8 Å². The molecule has 0 aliphatic carbocycles. The molecule has 25 heavy (non-hydrogen) atoms. The van der Waals surface area contributed by atoms with Crippen molar-refractivity contribution in [2.75, 3.05) is 33.8 Å². The molecule has 0 aromatic heterocycles. The Morgan fingerprint density at radius 3 is 2.72 bits per heavy atom. The predicted molar refractivity (Wildman–Crippen MR) is 88.6 cm³/mol. The van der Waals surface area contributed by atoms with Crippen LogP contribution in [0.3, 0.4) is 0 Å². The standard InChI is InChI=1S/C17H22N2O6/c1-18(16(22)13-8-12(25-2)5-6-14(13)20)10-15(21)19-7-3-4-11(9-19)17(23)24/h5-6,8,11,20H,3-4,7,9-10H2,1-2H3,(H,23,24). The average molecular weight is 350 g/mol. The lowest BCUT2D eigenvalue weighted by Gasteiger charge is -2.32. The average Bonchev–Trinajstić information content (AvgIpc) is 2.61. The molecule has 8 heteroatoms. The van der Waals surface area contributed by atoms with Crippen LogP contribution in [0.2, 0.25) is 0 Å². The van der Waals surface area contributed by atoms with Gasteiger partial charge in [0.25, 0.3) is 5.91 Å². The largest absolute Gasteiger partial charge is 0.507 e. The molecule has 1 aromatic rings. The zero-order valence-electron chi connectivity index (χ0n) is 14.3. The van der Waals surface area contributed by atoms with E-state index in [1.165, 1.54) is 42.2 Å². The number of phenols is 1. The van der Waals surface area contributed by atoms with E-state index >= 15 is 0 Å². The Morgan fingerprint density at radius 1 is 1.36 bits per heavy atom. The summed E-state index contributed by atoms with van der Waals surface area (Å²) in [4.78, 5) is 38.6. The van der Waals surface area contributed by atoms with Crippen molar-refractivity contribution in [2.45, 2.75) is 12.8 Å². The number of carbonyl (C=O) groups excluding carboxylic acids is 2. The van der Waals surface area contributed by atoms with Crippen LogP contribution < -0.4 is 4.74 Å². The third kappa shape index (κ3) is 4.40. The lowest BCUT2D eigenvalue weighted by atomic mass is 9.98. The molecule has 1 aromatic carbocycles. The van der Waals surface area contributed by atoms with Crippen LogP contribution in [0.15, 0.2) is 18.2 Å². The molecule has 0 spiro atoms. The number of carbonyl (C=O) groups is 3. The SMILES string of the molecule is COc1ccc(O)c(C(=O)N(C)CC(=O)N2CCCC(C(=O)O)C2)c1. The summed E-state index contributed by atoms with van der Waals surface area (Å²) in [6, 6.07) is 4.28. The van der Waals surface area contributed by atoms with Crippen molar-refractivity contribution in [1.29, 1.82) is 0 Å². The van der Waals surface area contributed by atoms with Crippen LogP contribution in [0.4, 0.5) is 0 Å². The number of ether oxygens (including phenoxy) is 1. The number of phenolic OH excluding ortho intramolecular Hbond substituents is 1. The van der Waals surface area contributed by atoms with Gasteiger partial charge in [0.1, 0.15) is 11.5 Å². The number of hydrogen-bond acceptors (Lipinski definition) is 5. The van der Waals surface area contributed by atoms with E-state index in [0.29, 0.717) is 25.1 Å². The molecule has 1 saturated heterocycles. The summed E-state index contributed by atoms with van der Waals surface area (Å²) in [5.41, 5.74) is 0.0386. The Bertz CT molecular complexity index is 675. The van der Waals surface area contributed by atoms with Gasteiger partial charge < -0.3 is 24.7 Å². The number of likely N-dealkylation sites (N-methyl/N-ethyl adjacent to an activating group) is 1. The zero-order valence-corrected chi connectivity index (χ0v) is 14.3. The van der Waals surface area contributed by atoms with Gasteiger partial charge in [0.2, 0.25) is 5.91 Å². The molecule has 1 aliphatic heterocycles. The molecule has 8 nitrogen and oxygen atoms in total. The molecule has 1 aliphatic rings. The second-order valence-electron chi connectivity index (χ2n) is 6.06. The van der Waals surface area contributed by atoms with Crippen molar-refractivity contribution >= 4 is 17.8 Å². The quantitative estimate of drug-likeness (QED) is 0.813. The maximum absolute atomic E-state index is 12.5. The van der Waals surface area contributed by atoms with Gasteiger partial charge in [-0.3, -0.25) is 14.4 Å². The first-order valence-electron chi connectivity index (χ1n) is 7.96. The monoisotopic (exact) mass is 350 g/mol. The number of hydrogen-bond donors (Lipinski definition) is 2. The fraction of sp³-hybridized carbons (Fsp3) is 0.471. The molecule has 2 N–H and O–H groups in total. The fourth-order valence-corrected chi connectivity index (χ4v) is 2.80. The molecule has 2 rings (SSSR count). The van der Waals surface area contributed by atoms with Gasteiger partial charge in [-0.2, -0.15) is 0 Å². The molecule has 1 heterocycles. The summed E-state index contributed by atoms with van der Waals surface area (Å²) in [7, 11) is 2.90. The van der Waals surface area contributed by atoms with E-state index in [-0.39, 0.29) is 30.3 Å². The number of aromatic hydroxyl groups is 1. The highest BCUT2D eigenvalue weighted by molar-refractivity contribution is 5.99. The number of likely N-dealkylation sites (tertiary alicyclic amines) is 1. The van der Waals surface area contributed by atoms with Gasteiger partial charge in [0.15, 0.2) is 0 Å². The Hall–Kier alpha value is -2.77. The van der Waals surface area contributed by atoms with Crippen molar-refractivity contribution in [3.8, 4) is 11.5 Å². The maximum Gasteiger partial charge on any atom is 0.308 e. The second kappa shape index (κ2) is 7.87. The molecule has 0 saturated carbocycles. The van der Waals surface area contributed by atoms with Crippen LogP contribution in [0, 0.1) is 5.92 Å². The van der Waals surface area contributed by atoms with Gasteiger partial charge in [0, 0.05) is 20.1 Å². The normalized spacial score (nSPS) is 17.0. The number of rotatable bonds is 5. The third-order valence-electron chi connectivity index (χ3n) is 4.28. The highest BCUT2D eigenvalue weighted by Crippen LogP contribution is 2.24. The third-order valence-corrected chi connectivity index (χ3v) is 4.28. The number of carboxylic acids is 1. The Balaban J connectivity index is 2.03. The van der Waals surface area contributed by atoms with Crippen LogP contribution in [0.25, 0.3) is 0 Å². The van der Waals surface area contributed by atoms with Crippen LogP contribution in [0.5, 0.6) is 11.5 Å². The number of benzene rings is 1. The maximum atomic E-state index is 12.5. The number of nitrogens with zero attached hydrogens (tertiary/aromatic N) is 2. The molecule has 136 valence electrons. The summed E-state index contributed by atoms with van der Waals surface area (Å²) < 4.78 is 5.04. The molecule has 1 atom stereocenters. The van der Waals surface area contributed by atoms with Gasteiger partial charge in [0.05, 0.1) is 25.1 Å². The molecular formula is C17H22N2O6. The fourth-order valence-electron chi connectivity index (χ4n) is 2.80. The van der Waals surface area contributed by atoms with Crippen LogP contribution in [-0.2, 0) is 9.59 Å². The molecular weight excluding hydrogens is 328 g/mol. The van der Waals surface area contributed by atoms with Crippen molar-refractivity contribution in [3.63, 3.8) is 0 Å². The summed E-state index contributed by atoms with van der Waals surface area (Å²) >= 11 is 0. The van der Waals surface area contributed by atoms with Gasteiger partial charge in [-0.15, -0.1) is 0 Å². The summed E-state index contributed by atoms with van der Waals surface area (Å²) in [6.45, 7) is 0.442. The Morgan fingerprint density at radius 2 is 2.08 bits per heavy atom. The molecule has 1 unspecified atom stereocenters. The van der Waals surface area contributed by atoms with E-state index in [1.54, 1.807) is 0 Å². The van der Waals surface area contributed by atoms with Crippen LogP contribution in [-0.4, -0.2) is 71.6 Å². The Kier molecular flexibility index (Phi) is 5.84. The van der Waals surface area contributed by atoms with Gasteiger partial charge in [-0.05, 0) is 31.0 Å². The van der Waals surface area contributed by atoms with Crippen molar-refractivity contribution < 1.29 is 29.3 Å².